The molecular weight excluding hydrogens is 344 g/mol. The van der Waals surface area contributed by atoms with Crippen LogP contribution in [0.15, 0.2) is 30.5 Å². The number of amides is 1. The van der Waals surface area contributed by atoms with E-state index in [0.717, 1.165) is 0 Å². The monoisotopic (exact) mass is 364 g/mol. The van der Waals surface area contributed by atoms with Crippen LogP contribution >= 0.6 is 11.6 Å². The Morgan fingerprint density at radius 2 is 1.64 bits per heavy atom. The fraction of sp³-hybridized carbons (Fsp3) is 0.333. The van der Waals surface area contributed by atoms with Crippen molar-refractivity contribution in [1.82, 2.24) is 4.98 Å². The van der Waals surface area contributed by atoms with E-state index in [1.165, 1.54) is 6.20 Å². The van der Waals surface area contributed by atoms with Gasteiger partial charge in [-0.15, -0.1) is 0 Å². The van der Waals surface area contributed by atoms with Crippen molar-refractivity contribution in [3.8, 4) is 17.2 Å². The summed E-state index contributed by atoms with van der Waals surface area (Å²) >= 11 is 5.91. The molecular formula is C18H21ClN2O4. The molecule has 0 saturated carbocycles. The van der Waals surface area contributed by atoms with Crippen molar-refractivity contribution in [2.75, 3.05) is 25.1 Å². The first-order valence-corrected chi connectivity index (χ1v) is 8.46. The van der Waals surface area contributed by atoms with E-state index in [0.29, 0.717) is 53.5 Å². The molecule has 6 nitrogen and oxygen atoms in total. The number of halogens is 1. The molecule has 0 aliphatic rings. The van der Waals surface area contributed by atoms with Crippen LogP contribution in [0.25, 0.3) is 0 Å². The molecule has 0 atom stereocenters. The van der Waals surface area contributed by atoms with Gasteiger partial charge in [0, 0.05) is 16.8 Å². The van der Waals surface area contributed by atoms with Crippen molar-refractivity contribution in [3.05, 3.63) is 41.0 Å². The Balaban J connectivity index is 2.36. The molecule has 7 heteroatoms. The summed E-state index contributed by atoms with van der Waals surface area (Å²) < 4.78 is 16.9. The Bertz CT molecular complexity index is 710. The van der Waals surface area contributed by atoms with Gasteiger partial charge in [0.25, 0.3) is 5.91 Å². The van der Waals surface area contributed by atoms with E-state index in [4.69, 9.17) is 25.8 Å². The van der Waals surface area contributed by atoms with E-state index in [1.807, 2.05) is 20.8 Å². The minimum atomic E-state index is -0.347. The molecule has 134 valence electrons. The lowest BCUT2D eigenvalue weighted by Crippen LogP contribution is -2.14. The van der Waals surface area contributed by atoms with Crippen LogP contribution in [0.1, 0.15) is 31.1 Å². The number of rotatable bonds is 8. The molecule has 0 radical (unpaired) electrons. The van der Waals surface area contributed by atoms with Crippen molar-refractivity contribution < 1.29 is 19.0 Å². The Morgan fingerprint density at radius 3 is 2.16 bits per heavy atom. The highest BCUT2D eigenvalue weighted by atomic mass is 35.5. The molecule has 1 amide bonds. The van der Waals surface area contributed by atoms with Gasteiger partial charge < -0.3 is 19.5 Å². The molecule has 1 N–H and O–H groups in total. The van der Waals surface area contributed by atoms with Crippen LogP contribution < -0.4 is 19.5 Å². The SMILES string of the molecule is CCOc1cc(C(=O)Nc2cc(Cl)ccn2)cc(OCC)c1OCC. The molecule has 1 heterocycles. The molecule has 1 aromatic heterocycles. The highest BCUT2D eigenvalue weighted by Gasteiger charge is 2.18. The molecule has 0 spiro atoms. The largest absolute Gasteiger partial charge is 0.490 e. The van der Waals surface area contributed by atoms with Crippen molar-refractivity contribution >= 4 is 23.3 Å². The van der Waals surface area contributed by atoms with Crippen LogP contribution in [0, 0.1) is 0 Å². The first-order chi connectivity index (χ1) is 12.1. The lowest BCUT2D eigenvalue weighted by atomic mass is 10.1. The summed E-state index contributed by atoms with van der Waals surface area (Å²) in [5.41, 5.74) is 0.372. The molecule has 0 saturated heterocycles. The van der Waals surface area contributed by atoms with E-state index >= 15 is 0 Å². The standard InChI is InChI=1S/C18H21ClN2O4/c1-4-23-14-9-12(10-15(24-5-2)17(14)25-6-3)18(22)21-16-11-13(19)7-8-20-16/h7-11H,4-6H2,1-3H3,(H,20,21,22). The van der Waals surface area contributed by atoms with E-state index < -0.39 is 0 Å². The average molecular weight is 365 g/mol. The smallest absolute Gasteiger partial charge is 0.257 e. The summed E-state index contributed by atoms with van der Waals surface area (Å²) in [4.78, 5) is 16.6. The molecule has 0 aliphatic carbocycles. The van der Waals surface area contributed by atoms with Gasteiger partial charge in [-0.05, 0) is 45.0 Å². The minimum absolute atomic E-state index is 0.347. The van der Waals surface area contributed by atoms with Gasteiger partial charge >= 0.3 is 0 Å². The summed E-state index contributed by atoms with van der Waals surface area (Å²) in [6, 6.07) is 6.45. The number of ether oxygens (including phenoxy) is 3. The fourth-order valence-corrected chi connectivity index (χ4v) is 2.34. The summed E-state index contributed by atoms with van der Waals surface area (Å²) in [7, 11) is 0. The Kier molecular flexibility index (Phi) is 6.89. The van der Waals surface area contributed by atoms with E-state index in [9.17, 15) is 4.79 Å². The van der Waals surface area contributed by atoms with Gasteiger partial charge in [0.1, 0.15) is 5.82 Å². The molecule has 0 fully saturated rings. The first kappa shape index (κ1) is 18.9. The minimum Gasteiger partial charge on any atom is -0.490 e. The molecule has 0 unspecified atom stereocenters. The third-order valence-electron chi connectivity index (χ3n) is 3.13. The maximum atomic E-state index is 12.6. The van der Waals surface area contributed by atoms with Crippen molar-refractivity contribution in [1.29, 1.82) is 0 Å². The molecule has 2 rings (SSSR count). The highest BCUT2D eigenvalue weighted by molar-refractivity contribution is 6.30. The Labute approximate surface area is 152 Å². The summed E-state index contributed by atoms with van der Waals surface area (Å²) in [6.07, 6.45) is 1.52. The highest BCUT2D eigenvalue weighted by Crippen LogP contribution is 2.39. The second-order valence-corrected chi connectivity index (χ2v) is 5.35. The van der Waals surface area contributed by atoms with Gasteiger partial charge in [0.05, 0.1) is 19.8 Å². The maximum Gasteiger partial charge on any atom is 0.257 e. The van der Waals surface area contributed by atoms with E-state index in [1.54, 1.807) is 24.3 Å². The van der Waals surface area contributed by atoms with Gasteiger partial charge in [-0.2, -0.15) is 0 Å². The van der Waals surface area contributed by atoms with Crippen LogP contribution in [0.4, 0.5) is 5.82 Å². The number of anilines is 1. The number of carbonyl (C=O) groups is 1. The normalized spacial score (nSPS) is 10.2. The second kappa shape index (κ2) is 9.13. The first-order valence-electron chi connectivity index (χ1n) is 8.08. The van der Waals surface area contributed by atoms with Crippen LogP contribution in [0.3, 0.4) is 0 Å². The van der Waals surface area contributed by atoms with Crippen molar-refractivity contribution in [3.63, 3.8) is 0 Å². The number of nitrogens with zero attached hydrogens (tertiary/aromatic N) is 1. The maximum absolute atomic E-state index is 12.6. The van der Waals surface area contributed by atoms with Gasteiger partial charge in [0.2, 0.25) is 5.75 Å². The lowest BCUT2D eigenvalue weighted by molar-refractivity contribution is 0.102. The molecule has 1 aromatic carbocycles. The van der Waals surface area contributed by atoms with Crippen LogP contribution in [-0.2, 0) is 0 Å². The zero-order valence-electron chi connectivity index (χ0n) is 14.5. The predicted octanol–water partition coefficient (Wildman–Crippen LogP) is 4.18. The molecule has 0 bridgehead atoms. The molecule has 25 heavy (non-hydrogen) atoms. The number of hydrogen-bond acceptors (Lipinski definition) is 5. The second-order valence-electron chi connectivity index (χ2n) is 4.91. The fourth-order valence-electron chi connectivity index (χ4n) is 2.18. The van der Waals surface area contributed by atoms with E-state index in [2.05, 4.69) is 10.3 Å². The average Bonchev–Trinajstić information content (AvgIpc) is 2.58. The zero-order valence-corrected chi connectivity index (χ0v) is 15.2. The topological polar surface area (TPSA) is 69.7 Å². The van der Waals surface area contributed by atoms with Crippen molar-refractivity contribution in [2.45, 2.75) is 20.8 Å². The summed E-state index contributed by atoms with van der Waals surface area (Å²) in [5.74, 6) is 1.42. The summed E-state index contributed by atoms with van der Waals surface area (Å²) in [6.45, 7) is 6.92. The molecule has 2 aromatic rings. The third-order valence-corrected chi connectivity index (χ3v) is 3.37. The number of nitrogens with one attached hydrogen (secondary N) is 1. The number of carbonyl (C=O) groups excluding carboxylic acids is 1. The summed E-state index contributed by atoms with van der Waals surface area (Å²) in [5, 5.41) is 3.19. The van der Waals surface area contributed by atoms with Gasteiger partial charge in [-0.1, -0.05) is 11.6 Å². The van der Waals surface area contributed by atoms with Crippen LogP contribution in [-0.4, -0.2) is 30.7 Å². The quantitative estimate of drug-likeness (QED) is 0.760. The van der Waals surface area contributed by atoms with Crippen LogP contribution in [0.5, 0.6) is 17.2 Å². The molecule has 0 aliphatic heterocycles. The number of hydrogen-bond donors (Lipinski definition) is 1. The van der Waals surface area contributed by atoms with Crippen molar-refractivity contribution in [2.24, 2.45) is 0 Å². The predicted molar refractivity (Wildman–Crippen MR) is 97.1 cm³/mol. The van der Waals surface area contributed by atoms with E-state index in [-0.39, 0.29) is 5.91 Å². The number of aromatic nitrogens is 1. The van der Waals surface area contributed by atoms with Gasteiger partial charge in [-0.3, -0.25) is 4.79 Å². The number of pyridine rings is 1. The number of benzene rings is 1. The van der Waals surface area contributed by atoms with Crippen LogP contribution in [0.2, 0.25) is 5.02 Å². The Hall–Kier alpha value is -2.47. The Morgan fingerprint density at radius 1 is 1.04 bits per heavy atom. The third kappa shape index (κ3) is 5.00. The van der Waals surface area contributed by atoms with Gasteiger partial charge in [-0.25, -0.2) is 4.98 Å². The lowest BCUT2D eigenvalue weighted by Gasteiger charge is -2.17. The van der Waals surface area contributed by atoms with Gasteiger partial charge in [0.15, 0.2) is 11.5 Å². The zero-order chi connectivity index (χ0) is 18.2.